The third-order valence-corrected chi connectivity index (χ3v) is 5.62. The van der Waals surface area contributed by atoms with Gasteiger partial charge in [-0.3, -0.25) is 19.3 Å². The number of imide groups is 1. The minimum Gasteiger partial charge on any atom is -0.454 e. The summed E-state index contributed by atoms with van der Waals surface area (Å²) >= 11 is 0. The number of nitrogens with one attached hydrogen (secondary N) is 1. The van der Waals surface area contributed by atoms with E-state index < -0.39 is 30.7 Å². The van der Waals surface area contributed by atoms with E-state index in [1.165, 1.54) is 10.5 Å². The molecule has 1 spiro atoms. The molecule has 3 rings (SSSR count). The van der Waals surface area contributed by atoms with Gasteiger partial charge in [0.25, 0.3) is 11.8 Å². The Bertz CT molecular complexity index is 799. The first kappa shape index (κ1) is 20.8. The highest BCUT2D eigenvalue weighted by molar-refractivity contribution is 6.08. The fourth-order valence-corrected chi connectivity index (χ4v) is 3.81. The van der Waals surface area contributed by atoms with Gasteiger partial charge in [-0.2, -0.15) is 0 Å². The number of esters is 1. The molecule has 1 heterocycles. The fourth-order valence-electron chi connectivity index (χ4n) is 3.81. The molecule has 2 fully saturated rings. The third kappa shape index (κ3) is 4.58. The summed E-state index contributed by atoms with van der Waals surface area (Å²) in [7, 11) is 1.63. The quantitative estimate of drug-likeness (QED) is 0.553. The summed E-state index contributed by atoms with van der Waals surface area (Å²) in [6.07, 6.45) is 3.86. The minimum atomic E-state index is -0.860. The second kappa shape index (κ2) is 8.63. The number of ether oxygens (including phenoxy) is 1. The van der Waals surface area contributed by atoms with E-state index >= 15 is 0 Å². The van der Waals surface area contributed by atoms with E-state index in [9.17, 15) is 19.2 Å². The van der Waals surface area contributed by atoms with Gasteiger partial charge >= 0.3 is 12.0 Å². The first-order valence-corrected chi connectivity index (χ1v) is 9.96. The average Bonchev–Trinajstić information content (AvgIpc) is 3.27. The molecule has 0 radical (unpaired) electrons. The molecule has 1 N–H and O–H groups in total. The van der Waals surface area contributed by atoms with Crippen molar-refractivity contribution in [2.24, 2.45) is 0 Å². The number of hydrogen-bond acceptors (Lipinski definition) is 5. The topological polar surface area (TPSA) is 96.0 Å². The molecule has 0 unspecified atom stereocenters. The molecule has 1 aromatic rings. The van der Waals surface area contributed by atoms with E-state index in [2.05, 4.69) is 12.2 Å². The zero-order valence-electron chi connectivity index (χ0n) is 16.9. The van der Waals surface area contributed by atoms with Gasteiger partial charge in [0.05, 0.1) is 0 Å². The molecule has 2 aliphatic rings. The van der Waals surface area contributed by atoms with Gasteiger partial charge in [0.2, 0.25) is 0 Å². The Balaban J connectivity index is 1.46. The van der Waals surface area contributed by atoms with Gasteiger partial charge in [0.1, 0.15) is 12.1 Å². The molecule has 29 heavy (non-hydrogen) atoms. The van der Waals surface area contributed by atoms with Crippen LogP contribution in [0.15, 0.2) is 24.3 Å². The summed E-state index contributed by atoms with van der Waals surface area (Å²) in [5, 5.41) is 2.71. The maximum absolute atomic E-state index is 12.5. The molecule has 0 aromatic heterocycles. The van der Waals surface area contributed by atoms with Crippen molar-refractivity contribution in [3.63, 3.8) is 0 Å². The summed E-state index contributed by atoms with van der Waals surface area (Å²) < 4.78 is 5.00. The number of carbonyl (C=O) groups is 4. The van der Waals surface area contributed by atoms with Crippen molar-refractivity contribution in [3.05, 3.63) is 35.4 Å². The normalized spacial score (nSPS) is 17.5. The van der Waals surface area contributed by atoms with Crippen molar-refractivity contribution in [1.82, 2.24) is 15.1 Å². The van der Waals surface area contributed by atoms with Crippen LogP contribution in [0, 0.1) is 0 Å². The number of hydrogen-bond donors (Lipinski definition) is 1. The smallest absolute Gasteiger partial charge is 0.326 e. The van der Waals surface area contributed by atoms with Crippen molar-refractivity contribution < 1.29 is 23.9 Å². The van der Waals surface area contributed by atoms with E-state index in [0.717, 1.165) is 29.7 Å². The van der Waals surface area contributed by atoms with Crippen molar-refractivity contribution >= 4 is 23.8 Å². The lowest BCUT2D eigenvalue weighted by Gasteiger charge is -2.20. The Kier molecular flexibility index (Phi) is 6.20. The van der Waals surface area contributed by atoms with Gasteiger partial charge in [-0.15, -0.1) is 0 Å². The molecule has 1 aliphatic carbocycles. The standard InChI is InChI=1S/C21H27N3O5/c1-3-15-6-8-16(9-7-15)12-23(2)17(25)14-29-18(26)13-24-19(27)21(22-20(24)28)10-4-5-11-21/h6-9H,3-5,10-14H2,1-2H3,(H,22,28). The number of carbonyl (C=O) groups excluding carboxylic acids is 4. The highest BCUT2D eigenvalue weighted by Gasteiger charge is 2.52. The molecule has 1 aromatic carbocycles. The third-order valence-electron chi connectivity index (χ3n) is 5.62. The Labute approximate surface area is 170 Å². The van der Waals surface area contributed by atoms with E-state index in [1.807, 2.05) is 24.3 Å². The predicted octanol–water partition coefficient (Wildman–Crippen LogP) is 1.62. The van der Waals surface area contributed by atoms with E-state index in [1.54, 1.807) is 7.05 Å². The van der Waals surface area contributed by atoms with Crippen LogP contribution < -0.4 is 5.32 Å². The van der Waals surface area contributed by atoms with Crippen LogP contribution in [0.1, 0.15) is 43.7 Å². The first-order valence-electron chi connectivity index (χ1n) is 9.96. The molecule has 0 bridgehead atoms. The van der Waals surface area contributed by atoms with Crippen LogP contribution in [0.5, 0.6) is 0 Å². The maximum atomic E-state index is 12.5. The molecule has 1 aliphatic heterocycles. The second-order valence-electron chi connectivity index (χ2n) is 7.69. The molecule has 1 saturated carbocycles. The molecule has 0 atom stereocenters. The van der Waals surface area contributed by atoms with Gasteiger partial charge in [-0.1, -0.05) is 44.0 Å². The Morgan fingerprint density at radius 3 is 2.38 bits per heavy atom. The van der Waals surface area contributed by atoms with Crippen molar-refractivity contribution in [2.45, 2.75) is 51.1 Å². The van der Waals surface area contributed by atoms with Crippen LogP contribution >= 0.6 is 0 Å². The van der Waals surface area contributed by atoms with Crippen molar-refractivity contribution in [3.8, 4) is 0 Å². The Morgan fingerprint density at radius 2 is 1.76 bits per heavy atom. The molecule has 8 heteroatoms. The number of aryl methyl sites for hydroxylation is 1. The largest absolute Gasteiger partial charge is 0.454 e. The number of urea groups is 1. The molecule has 4 amide bonds. The van der Waals surface area contributed by atoms with E-state index in [0.29, 0.717) is 19.4 Å². The monoisotopic (exact) mass is 401 g/mol. The number of nitrogens with zero attached hydrogens (tertiary/aromatic N) is 2. The molecule has 156 valence electrons. The summed E-state index contributed by atoms with van der Waals surface area (Å²) in [4.78, 5) is 51.3. The number of amides is 4. The Hall–Kier alpha value is -2.90. The fraction of sp³-hybridized carbons (Fsp3) is 0.524. The molecular formula is C21H27N3O5. The zero-order valence-corrected chi connectivity index (χ0v) is 16.9. The Morgan fingerprint density at radius 1 is 1.14 bits per heavy atom. The summed E-state index contributed by atoms with van der Waals surface area (Å²) in [6, 6.07) is 7.38. The van der Waals surface area contributed by atoms with E-state index in [4.69, 9.17) is 4.74 Å². The molecule has 8 nitrogen and oxygen atoms in total. The van der Waals surface area contributed by atoms with Crippen LogP contribution in [-0.2, 0) is 32.1 Å². The molecular weight excluding hydrogens is 374 g/mol. The van der Waals surface area contributed by atoms with E-state index in [-0.39, 0.29) is 11.8 Å². The number of likely N-dealkylation sites (N-methyl/N-ethyl adjacent to an activating group) is 1. The van der Waals surface area contributed by atoms with Gasteiger partial charge < -0.3 is 15.0 Å². The van der Waals surface area contributed by atoms with Gasteiger partial charge in [-0.05, 0) is 30.4 Å². The second-order valence-corrected chi connectivity index (χ2v) is 7.69. The SMILES string of the molecule is CCc1ccc(CN(C)C(=O)COC(=O)CN2C(=O)NC3(CCCC3)C2=O)cc1. The lowest BCUT2D eigenvalue weighted by atomic mass is 9.98. The summed E-state index contributed by atoms with van der Waals surface area (Å²) in [5.74, 6) is -1.52. The number of benzene rings is 1. The van der Waals surface area contributed by atoms with Crippen LogP contribution in [0.4, 0.5) is 4.79 Å². The minimum absolute atomic E-state index is 0.359. The van der Waals surface area contributed by atoms with Gasteiger partial charge in [0, 0.05) is 13.6 Å². The van der Waals surface area contributed by atoms with Crippen LogP contribution in [0.2, 0.25) is 0 Å². The summed E-state index contributed by atoms with van der Waals surface area (Å²) in [6.45, 7) is 1.56. The zero-order chi connectivity index (χ0) is 21.0. The highest BCUT2D eigenvalue weighted by Crippen LogP contribution is 2.34. The average molecular weight is 401 g/mol. The maximum Gasteiger partial charge on any atom is 0.326 e. The molecule has 1 saturated heterocycles. The van der Waals surface area contributed by atoms with Crippen LogP contribution in [0.25, 0.3) is 0 Å². The predicted molar refractivity (Wildman–Crippen MR) is 105 cm³/mol. The van der Waals surface area contributed by atoms with Crippen LogP contribution in [-0.4, -0.2) is 59.4 Å². The lowest BCUT2D eigenvalue weighted by molar-refractivity contribution is -0.153. The van der Waals surface area contributed by atoms with Crippen LogP contribution in [0.3, 0.4) is 0 Å². The lowest BCUT2D eigenvalue weighted by Crippen LogP contribution is -2.44. The van der Waals surface area contributed by atoms with Crippen molar-refractivity contribution in [1.29, 1.82) is 0 Å². The van der Waals surface area contributed by atoms with Gasteiger partial charge in [0.15, 0.2) is 6.61 Å². The number of rotatable bonds is 7. The van der Waals surface area contributed by atoms with Crippen molar-refractivity contribution in [2.75, 3.05) is 20.2 Å². The van der Waals surface area contributed by atoms with Gasteiger partial charge in [-0.25, -0.2) is 4.79 Å². The summed E-state index contributed by atoms with van der Waals surface area (Å²) in [5.41, 5.74) is 1.34. The first-order chi connectivity index (χ1) is 13.8. The highest BCUT2D eigenvalue weighted by atomic mass is 16.5.